The zero-order chi connectivity index (χ0) is 19.1. The van der Waals surface area contributed by atoms with Crippen LogP contribution in [-0.4, -0.2) is 33.3 Å². The Morgan fingerprint density at radius 1 is 1.31 bits per heavy atom. The van der Waals surface area contributed by atoms with Gasteiger partial charge in [0.05, 0.1) is 10.4 Å². The number of Topliss-reactive ketones (excluding diaryl/α,β-unsaturated/α-hetero) is 1. The van der Waals surface area contributed by atoms with Crippen LogP contribution >= 0.6 is 15.9 Å². The predicted octanol–water partition coefficient (Wildman–Crippen LogP) is 4.16. The van der Waals surface area contributed by atoms with E-state index in [2.05, 4.69) is 22.9 Å². The molecule has 1 unspecified atom stereocenters. The smallest absolute Gasteiger partial charge is 0.155 e. The SMILES string of the molecule is CC(=O)[C@H]1CC[C@H]2[C@@H]3CC(F)C4=CC(=O)CC[C@]4(C)[C@@]3(Br)[C@@H](O)C[C@]12C. The zero-order valence-electron chi connectivity index (χ0n) is 15.7. The Morgan fingerprint density at radius 3 is 2.65 bits per heavy atom. The number of hydrogen-bond donors (Lipinski definition) is 1. The lowest BCUT2D eigenvalue weighted by Gasteiger charge is -2.65. The van der Waals surface area contributed by atoms with Crippen LogP contribution in [0.3, 0.4) is 0 Å². The maximum atomic E-state index is 15.3. The molecule has 0 aliphatic heterocycles. The average molecular weight is 427 g/mol. The monoisotopic (exact) mass is 426 g/mol. The average Bonchev–Trinajstić information content (AvgIpc) is 2.89. The number of rotatable bonds is 1. The molecular weight excluding hydrogens is 399 g/mol. The number of alkyl halides is 2. The fourth-order valence-corrected chi connectivity index (χ4v) is 8.32. The highest BCUT2D eigenvalue weighted by atomic mass is 79.9. The lowest BCUT2D eigenvalue weighted by Crippen LogP contribution is -2.68. The predicted molar refractivity (Wildman–Crippen MR) is 101 cm³/mol. The molecule has 0 heterocycles. The number of fused-ring (bicyclic) bond motifs is 5. The Morgan fingerprint density at radius 2 is 2.00 bits per heavy atom. The van der Waals surface area contributed by atoms with Gasteiger partial charge in [0.25, 0.3) is 0 Å². The Kier molecular flexibility index (Phi) is 4.14. The number of aliphatic hydroxyl groups excluding tert-OH is 1. The van der Waals surface area contributed by atoms with Gasteiger partial charge in [-0.25, -0.2) is 4.39 Å². The van der Waals surface area contributed by atoms with Crippen molar-refractivity contribution in [1.82, 2.24) is 0 Å². The lowest BCUT2D eigenvalue weighted by molar-refractivity contribution is -0.137. The van der Waals surface area contributed by atoms with Crippen LogP contribution in [0.4, 0.5) is 4.39 Å². The summed E-state index contributed by atoms with van der Waals surface area (Å²) >= 11 is 3.95. The summed E-state index contributed by atoms with van der Waals surface area (Å²) in [5, 5.41) is 11.3. The molecule has 4 aliphatic carbocycles. The normalized spacial score (nSPS) is 53.4. The van der Waals surface area contributed by atoms with Gasteiger partial charge < -0.3 is 5.11 Å². The van der Waals surface area contributed by atoms with E-state index in [1.807, 2.05) is 6.92 Å². The molecule has 4 rings (SSSR count). The van der Waals surface area contributed by atoms with Gasteiger partial charge in [0, 0.05) is 17.8 Å². The van der Waals surface area contributed by atoms with Crippen LogP contribution in [0.5, 0.6) is 0 Å². The van der Waals surface area contributed by atoms with Gasteiger partial charge in [0.2, 0.25) is 0 Å². The van der Waals surface area contributed by atoms with Crippen LogP contribution in [0, 0.1) is 28.6 Å². The number of halogens is 2. The van der Waals surface area contributed by atoms with Gasteiger partial charge in [0.15, 0.2) is 5.78 Å². The highest BCUT2D eigenvalue weighted by molar-refractivity contribution is 9.10. The molecular formula is C21H28BrFO3. The van der Waals surface area contributed by atoms with Gasteiger partial charge in [-0.1, -0.05) is 29.8 Å². The fraction of sp³-hybridized carbons (Fsp3) is 0.810. The Hall–Kier alpha value is -0.550. The van der Waals surface area contributed by atoms with Crippen LogP contribution < -0.4 is 0 Å². The third-order valence-corrected chi connectivity index (χ3v) is 10.5. The van der Waals surface area contributed by atoms with Crippen LogP contribution in [-0.2, 0) is 9.59 Å². The second kappa shape index (κ2) is 5.73. The Labute approximate surface area is 162 Å². The fourth-order valence-electron chi connectivity index (χ4n) is 7.23. The molecule has 0 aromatic heterocycles. The molecule has 8 atom stereocenters. The van der Waals surface area contributed by atoms with Crippen molar-refractivity contribution < 1.29 is 19.1 Å². The summed E-state index contributed by atoms with van der Waals surface area (Å²) in [4.78, 5) is 24.2. The molecule has 0 aromatic rings. The largest absolute Gasteiger partial charge is 0.392 e. The molecule has 0 radical (unpaired) electrons. The van der Waals surface area contributed by atoms with Gasteiger partial charge in [-0.15, -0.1) is 0 Å². The van der Waals surface area contributed by atoms with Gasteiger partial charge in [-0.2, -0.15) is 0 Å². The number of carbonyl (C=O) groups excluding carboxylic acids is 2. The van der Waals surface area contributed by atoms with Crippen molar-refractivity contribution in [3.8, 4) is 0 Å². The van der Waals surface area contributed by atoms with E-state index in [1.165, 1.54) is 6.08 Å². The maximum Gasteiger partial charge on any atom is 0.155 e. The van der Waals surface area contributed by atoms with E-state index in [1.54, 1.807) is 6.92 Å². The van der Waals surface area contributed by atoms with E-state index in [0.717, 1.165) is 12.8 Å². The molecule has 0 spiro atoms. The first-order valence-corrected chi connectivity index (χ1v) is 10.6. The molecule has 1 N–H and O–H groups in total. The summed E-state index contributed by atoms with van der Waals surface area (Å²) in [6.07, 6.45) is 3.27. The molecule has 3 nitrogen and oxygen atoms in total. The molecule has 0 amide bonds. The second-order valence-electron chi connectivity index (χ2n) is 9.55. The van der Waals surface area contributed by atoms with Gasteiger partial charge in [-0.05, 0) is 67.9 Å². The minimum atomic E-state index is -1.15. The topological polar surface area (TPSA) is 54.4 Å². The van der Waals surface area contributed by atoms with E-state index < -0.39 is 22.0 Å². The highest BCUT2D eigenvalue weighted by Gasteiger charge is 2.70. The van der Waals surface area contributed by atoms with E-state index in [9.17, 15) is 14.7 Å². The summed E-state index contributed by atoms with van der Waals surface area (Å²) in [6.45, 7) is 5.79. The van der Waals surface area contributed by atoms with E-state index in [-0.39, 0.29) is 34.7 Å². The Balaban J connectivity index is 1.83. The van der Waals surface area contributed by atoms with Crippen LogP contribution in [0.15, 0.2) is 11.6 Å². The first kappa shape index (κ1) is 18.8. The third kappa shape index (κ3) is 2.13. The third-order valence-electron chi connectivity index (χ3n) is 8.51. The van der Waals surface area contributed by atoms with Crippen molar-refractivity contribution >= 4 is 27.5 Å². The maximum absolute atomic E-state index is 15.3. The lowest BCUT2D eigenvalue weighted by atomic mass is 9.45. The molecule has 4 aliphatic rings. The molecule has 0 saturated heterocycles. The highest BCUT2D eigenvalue weighted by Crippen LogP contribution is 2.71. The number of carbonyl (C=O) groups is 2. The van der Waals surface area contributed by atoms with E-state index in [4.69, 9.17) is 0 Å². The molecule has 0 aromatic carbocycles. The number of ketones is 2. The van der Waals surface area contributed by atoms with Gasteiger partial charge in [0.1, 0.15) is 12.0 Å². The van der Waals surface area contributed by atoms with Crippen molar-refractivity contribution in [2.45, 2.75) is 75.9 Å². The molecule has 5 heteroatoms. The van der Waals surface area contributed by atoms with Crippen molar-refractivity contribution in [3.63, 3.8) is 0 Å². The molecule has 3 saturated carbocycles. The number of hydrogen-bond acceptors (Lipinski definition) is 3. The van der Waals surface area contributed by atoms with Crippen LogP contribution in [0.2, 0.25) is 0 Å². The minimum absolute atomic E-state index is 0.0117. The van der Waals surface area contributed by atoms with E-state index in [0.29, 0.717) is 31.3 Å². The first-order chi connectivity index (χ1) is 12.1. The van der Waals surface area contributed by atoms with Gasteiger partial charge in [-0.3, -0.25) is 9.59 Å². The number of aliphatic hydroxyl groups is 1. The second-order valence-corrected chi connectivity index (χ2v) is 10.9. The van der Waals surface area contributed by atoms with Crippen molar-refractivity contribution in [2.24, 2.45) is 28.6 Å². The minimum Gasteiger partial charge on any atom is -0.392 e. The van der Waals surface area contributed by atoms with Crippen molar-refractivity contribution in [3.05, 3.63) is 11.6 Å². The molecule has 0 bridgehead atoms. The van der Waals surface area contributed by atoms with Crippen molar-refractivity contribution in [2.75, 3.05) is 0 Å². The molecule has 3 fully saturated rings. The van der Waals surface area contributed by atoms with Crippen LogP contribution in [0.1, 0.15) is 59.3 Å². The summed E-state index contributed by atoms with van der Waals surface area (Å²) in [7, 11) is 0. The first-order valence-electron chi connectivity index (χ1n) is 9.82. The number of allylic oxidation sites excluding steroid dienone is 1. The standard InChI is InChI=1S/C21H28BrFO3/c1-11(24)13-4-5-14-15-9-17(23)16-8-12(25)6-7-20(16,3)21(15,22)18(26)10-19(13,14)2/h8,13-15,17-18,26H,4-7,9-10H2,1-3H3/t13-,14+,15+,17?,18+,19-,20+,21+/m1/s1. The summed E-state index contributed by atoms with van der Waals surface area (Å²) < 4.78 is 14.6. The Bertz CT molecular complexity index is 705. The zero-order valence-corrected chi connectivity index (χ0v) is 17.3. The summed E-state index contributed by atoms with van der Waals surface area (Å²) in [6, 6.07) is 0. The van der Waals surface area contributed by atoms with Crippen LogP contribution in [0.25, 0.3) is 0 Å². The van der Waals surface area contributed by atoms with Gasteiger partial charge >= 0.3 is 0 Å². The van der Waals surface area contributed by atoms with E-state index >= 15 is 4.39 Å². The molecule has 144 valence electrons. The quantitative estimate of drug-likeness (QED) is 0.640. The molecule has 26 heavy (non-hydrogen) atoms. The summed E-state index contributed by atoms with van der Waals surface area (Å²) in [5.41, 5.74) is -0.279. The van der Waals surface area contributed by atoms with Crippen molar-refractivity contribution in [1.29, 1.82) is 0 Å². The summed E-state index contributed by atoms with van der Waals surface area (Å²) in [5.74, 6) is 0.309.